The van der Waals surface area contributed by atoms with Gasteiger partial charge in [-0.1, -0.05) is 18.2 Å². The number of nitrogens with one attached hydrogen (secondary N) is 1. The van der Waals surface area contributed by atoms with Gasteiger partial charge in [0.05, 0.1) is 13.2 Å². The number of carbonyl (C=O) groups is 1. The summed E-state index contributed by atoms with van der Waals surface area (Å²) in [6.45, 7) is 0.801. The molecular formula is C21H26N2O4. The van der Waals surface area contributed by atoms with E-state index in [1.165, 1.54) is 0 Å². The largest absolute Gasteiger partial charge is 0.497 e. The van der Waals surface area contributed by atoms with E-state index in [1.807, 2.05) is 56.6 Å². The van der Waals surface area contributed by atoms with Crippen LogP contribution in [-0.4, -0.2) is 45.3 Å². The van der Waals surface area contributed by atoms with Crippen LogP contribution in [0.2, 0.25) is 0 Å². The van der Waals surface area contributed by atoms with Crippen LogP contribution in [0, 0.1) is 0 Å². The summed E-state index contributed by atoms with van der Waals surface area (Å²) >= 11 is 0. The minimum Gasteiger partial charge on any atom is -0.497 e. The van der Waals surface area contributed by atoms with Gasteiger partial charge in [-0.2, -0.15) is 0 Å². The van der Waals surface area contributed by atoms with E-state index in [-0.39, 0.29) is 18.7 Å². The van der Waals surface area contributed by atoms with Gasteiger partial charge < -0.3 is 24.4 Å². The zero-order chi connectivity index (χ0) is 19.2. The van der Waals surface area contributed by atoms with Crippen LogP contribution in [0.1, 0.15) is 23.6 Å². The van der Waals surface area contributed by atoms with Crippen molar-refractivity contribution in [2.24, 2.45) is 0 Å². The first kappa shape index (κ1) is 19.0. The topological polar surface area (TPSA) is 60.0 Å². The quantitative estimate of drug-likeness (QED) is 0.774. The van der Waals surface area contributed by atoms with E-state index in [4.69, 9.17) is 14.2 Å². The van der Waals surface area contributed by atoms with Crippen LogP contribution in [0.15, 0.2) is 42.5 Å². The molecule has 1 aliphatic heterocycles. The number of amides is 1. The molecule has 1 heterocycles. The highest BCUT2D eigenvalue weighted by molar-refractivity contribution is 5.76. The summed E-state index contributed by atoms with van der Waals surface area (Å²) in [5.74, 6) is 2.35. The molecule has 3 rings (SSSR count). The van der Waals surface area contributed by atoms with Crippen LogP contribution in [-0.2, 0) is 11.2 Å². The Morgan fingerprint density at radius 1 is 1.19 bits per heavy atom. The molecule has 0 saturated carbocycles. The number of hydrogen-bond donors (Lipinski definition) is 1. The molecule has 6 nitrogen and oxygen atoms in total. The second-order valence-corrected chi connectivity index (χ2v) is 6.75. The van der Waals surface area contributed by atoms with Crippen LogP contribution < -0.4 is 19.5 Å². The van der Waals surface area contributed by atoms with E-state index < -0.39 is 0 Å². The Labute approximate surface area is 160 Å². The maximum Gasteiger partial charge on any atom is 0.231 e. The van der Waals surface area contributed by atoms with E-state index in [9.17, 15) is 4.79 Å². The van der Waals surface area contributed by atoms with Gasteiger partial charge in [-0.3, -0.25) is 4.79 Å². The Hall–Kier alpha value is -2.73. The molecule has 2 aromatic rings. The highest BCUT2D eigenvalue weighted by Crippen LogP contribution is 2.32. The lowest BCUT2D eigenvalue weighted by atomic mass is 10.1. The molecule has 0 unspecified atom stereocenters. The summed E-state index contributed by atoms with van der Waals surface area (Å²) in [6.07, 6.45) is 1.09. The molecule has 0 fully saturated rings. The highest BCUT2D eigenvalue weighted by Gasteiger charge is 2.17. The van der Waals surface area contributed by atoms with Crippen molar-refractivity contribution in [1.82, 2.24) is 10.2 Å². The molecule has 1 amide bonds. The first-order valence-electron chi connectivity index (χ1n) is 9.02. The van der Waals surface area contributed by atoms with Gasteiger partial charge in [-0.25, -0.2) is 0 Å². The molecule has 1 N–H and O–H groups in total. The van der Waals surface area contributed by atoms with Crippen molar-refractivity contribution >= 4 is 5.91 Å². The Morgan fingerprint density at radius 2 is 2.00 bits per heavy atom. The summed E-state index contributed by atoms with van der Waals surface area (Å²) in [5, 5.41) is 3.05. The lowest BCUT2D eigenvalue weighted by Crippen LogP contribution is -2.34. The maximum absolute atomic E-state index is 12.3. The number of methoxy groups -OCH3 is 1. The Bertz CT molecular complexity index is 792. The van der Waals surface area contributed by atoms with Crippen molar-refractivity contribution in [3.05, 3.63) is 53.6 Å². The van der Waals surface area contributed by atoms with E-state index in [2.05, 4.69) is 10.2 Å². The van der Waals surface area contributed by atoms with Gasteiger partial charge >= 0.3 is 0 Å². The van der Waals surface area contributed by atoms with Crippen LogP contribution in [0.25, 0.3) is 0 Å². The summed E-state index contributed by atoms with van der Waals surface area (Å²) < 4.78 is 16.0. The Kier molecular flexibility index (Phi) is 6.19. The SMILES string of the molecule is COc1cccc([C@H](CNC(=O)CCc2ccc3c(c2)OCO3)N(C)C)c1. The molecule has 0 aliphatic carbocycles. The van der Waals surface area contributed by atoms with Crippen molar-refractivity contribution in [2.75, 3.05) is 34.5 Å². The van der Waals surface area contributed by atoms with Gasteiger partial charge in [-0.05, 0) is 55.9 Å². The molecule has 1 aliphatic rings. The molecule has 0 radical (unpaired) electrons. The summed E-state index contributed by atoms with van der Waals surface area (Å²) in [6, 6.07) is 13.8. The second-order valence-electron chi connectivity index (χ2n) is 6.75. The van der Waals surface area contributed by atoms with Crippen molar-refractivity contribution in [3.8, 4) is 17.2 Å². The standard InChI is InChI=1S/C21H26N2O4/c1-23(2)18(16-5-4-6-17(12-16)25-3)13-22-21(24)10-8-15-7-9-19-20(11-15)27-14-26-19/h4-7,9,11-12,18H,8,10,13-14H2,1-3H3,(H,22,24)/t18-/m0/s1. The lowest BCUT2D eigenvalue weighted by Gasteiger charge is -2.25. The predicted octanol–water partition coefficient (Wildman–Crippen LogP) is 2.78. The van der Waals surface area contributed by atoms with Crippen molar-refractivity contribution < 1.29 is 19.0 Å². The van der Waals surface area contributed by atoms with Crippen molar-refractivity contribution in [1.29, 1.82) is 0 Å². The third-order valence-electron chi connectivity index (χ3n) is 4.67. The number of aryl methyl sites for hydroxylation is 1. The fraction of sp³-hybridized carbons (Fsp3) is 0.381. The normalized spacial score (nSPS) is 13.5. The summed E-state index contributed by atoms with van der Waals surface area (Å²) in [4.78, 5) is 14.4. The number of likely N-dealkylation sites (N-methyl/N-ethyl adjacent to an activating group) is 1. The average Bonchev–Trinajstić information content (AvgIpc) is 3.14. The molecule has 6 heteroatoms. The van der Waals surface area contributed by atoms with Crippen LogP contribution in [0.3, 0.4) is 0 Å². The number of rotatable bonds is 8. The molecule has 27 heavy (non-hydrogen) atoms. The smallest absolute Gasteiger partial charge is 0.231 e. The number of ether oxygens (including phenoxy) is 3. The second kappa shape index (κ2) is 8.77. The minimum absolute atomic E-state index is 0.0300. The van der Waals surface area contributed by atoms with E-state index in [1.54, 1.807) is 7.11 Å². The number of hydrogen-bond acceptors (Lipinski definition) is 5. The molecule has 0 aromatic heterocycles. The monoisotopic (exact) mass is 370 g/mol. The zero-order valence-electron chi connectivity index (χ0n) is 16.0. The third kappa shape index (κ3) is 4.92. The van der Waals surface area contributed by atoms with E-state index in [0.29, 0.717) is 19.4 Å². The molecule has 0 spiro atoms. The fourth-order valence-electron chi connectivity index (χ4n) is 3.10. The molecule has 0 bridgehead atoms. The van der Waals surface area contributed by atoms with E-state index >= 15 is 0 Å². The molecule has 0 saturated heterocycles. The van der Waals surface area contributed by atoms with E-state index in [0.717, 1.165) is 28.4 Å². The molecule has 1 atom stereocenters. The zero-order valence-corrected chi connectivity index (χ0v) is 16.0. The maximum atomic E-state index is 12.3. The minimum atomic E-state index is 0.0300. The number of carbonyl (C=O) groups excluding carboxylic acids is 1. The van der Waals surface area contributed by atoms with Gasteiger partial charge in [0, 0.05) is 13.0 Å². The highest BCUT2D eigenvalue weighted by atomic mass is 16.7. The van der Waals surface area contributed by atoms with Gasteiger partial charge in [0.1, 0.15) is 5.75 Å². The van der Waals surface area contributed by atoms with Gasteiger partial charge in [0.2, 0.25) is 12.7 Å². The molecule has 144 valence electrons. The van der Waals surface area contributed by atoms with Crippen LogP contribution in [0.4, 0.5) is 0 Å². The van der Waals surface area contributed by atoms with Gasteiger partial charge in [0.15, 0.2) is 11.5 Å². The van der Waals surface area contributed by atoms with Crippen molar-refractivity contribution in [3.63, 3.8) is 0 Å². The Balaban J connectivity index is 1.53. The van der Waals surface area contributed by atoms with Gasteiger partial charge in [0.25, 0.3) is 0 Å². The summed E-state index contributed by atoms with van der Waals surface area (Å²) in [5.41, 5.74) is 2.17. The average molecular weight is 370 g/mol. The first-order chi connectivity index (χ1) is 13.1. The number of nitrogens with zero attached hydrogens (tertiary/aromatic N) is 1. The molecular weight excluding hydrogens is 344 g/mol. The number of benzene rings is 2. The Morgan fingerprint density at radius 3 is 2.78 bits per heavy atom. The van der Waals surface area contributed by atoms with Crippen molar-refractivity contribution in [2.45, 2.75) is 18.9 Å². The van der Waals surface area contributed by atoms with Crippen LogP contribution >= 0.6 is 0 Å². The van der Waals surface area contributed by atoms with Crippen LogP contribution in [0.5, 0.6) is 17.2 Å². The fourth-order valence-corrected chi connectivity index (χ4v) is 3.10. The number of fused-ring (bicyclic) bond motifs is 1. The first-order valence-corrected chi connectivity index (χ1v) is 9.02. The summed E-state index contributed by atoms with van der Waals surface area (Å²) in [7, 11) is 5.66. The molecule has 2 aromatic carbocycles. The predicted molar refractivity (Wildman–Crippen MR) is 103 cm³/mol. The third-order valence-corrected chi connectivity index (χ3v) is 4.67. The lowest BCUT2D eigenvalue weighted by molar-refractivity contribution is -0.121. The van der Waals surface area contributed by atoms with Gasteiger partial charge in [-0.15, -0.1) is 0 Å².